The third kappa shape index (κ3) is 2.23. The third-order valence-electron chi connectivity index (χ3n) is 2.71. The average molecular weight is 247 g/mol. The van der Waals surface area contributed by atoms with Crippen molar-refractivity contribution in [2.75, 3.05) is 0 Å². The quantitative estimate of drug-likeness (QED) is 0.876. The van der Waals surface area contributed by atoms with Gasteiger partial charge >= 0.3 is 5.97 Å². The summed E-state index contributed by atoms with van der Waals surface area (Å²) in [7, 11) is 0. The van der Waals surface area contributed by atoms with E-state index in [9.17, 15) is 4.79 Å². The van der Waals surface area contributed by atoms with Crippen molar-refractivity contribution in [1.82, 2.24) is 0 Å². The highest BCUT2D eigenvalue weighted by Crippen LogP contribution is 2.28. The largest absolute Gasteiger partial charge is 0.480 e. The second kappa shape index (κ2) is 4.31. The number of rotatable bonds is 3. The van der Waals surface area contributed by atoms with Gasteiger partial charge < -0.3 is 10.8 Å². The molecule has 0 saturated heterocycles. The zero-order chi connectivity index (χ0) is 12.5. The summed E-state index contributed by atoms with van der Waals surface area (Å²) in [5.74, 6) is -1.03. The molecule has 0 amide bonds. The Labute approximate surface area is 104 Å². The predicted molar refractivity (Wildman–Crippen MR) is 68.9 cm³/mol. The van der Waals surface area contributed by atoms with Crippen LogP contribution in [-0.4, -0.2) is 11.1 Å². The molecule has 0 fully saturated rings. The van der Waals surface area contributed by atoms with Crippen LogP contribution in [0.3, 0.4) is 0 Å². The molecule has 1 aromatic carbocycles. The normalized spacial score (nSPS) is 14.2. The summed E-state index contributed by atoms with van der Waals surface area (Å²) in [6.45, 7) is 1.50. The van der Waals surface area contributed by atoms with E-state index in [0.717, 1.165) is 10.4 Å². The number of carbonyl (C=O) groups is 1. The fourth-order valence-electron chi connectivity index (χ4n) is 1.56. The van der Waals surface area contributed by atoms with Crippen molar-refractivity contribution < 1.29 is 9.90 Å². The SMILES string of the molecule is C[C@](N)(C(=O)O)c1cccc(-c2cccs2)c1. The summed E-state index contributed by atoms with van der Waals surface area (Å²) in [5.41, 5.74) is 6.06. The van der Waals surface area contributed by atoms with E-state index in [1.807, 2.05) is 35.7 Å². The molecule has 2 aromatic rings. The van der Waals surface area contributed by atoms with E-state index in [0.29, 0.717) is 5.56 Å². The minimum absolute atomic E-state index is 0.607. The summed E-state index contributed by atoms with van der Waals surface area (Å²) in [4.78, 5) is 12.2. The van der Waals surface area contributed by atoms with E-state index in [2.05, 4.69) is 0 Å². The van der Waals surface area contributed by atoms with Gasteiger partial charge in [-0.2, -0.15) is 0 Å². The van der Waals surface area contributed by atoms with Crippen LogP contribution in [0.4, 0.5) is 0 Å². The molecule has 0 bridgehead atoms. The summed E-state index contributed by atoms with van der Waals surface area (Å²) in [5, 5.41) is 11.1. The molecule has 0 aliphatic rings. The molecular formula is C13H13NO2S. The van der Waals surface area contributed by atoms with E-state index < -0.39 is 11.5 Å². The van der Waals surface area contributed by atoms with Crippen LogP contribution < -0.4 is 5.73 Å². The topological polar surface area (TPSA) is 63.3 Å². The molecule has 1 atom stereocenters. The van der Waals surface area contributed by atoms with E-state index in [-0.39, 0.29) is 0 Å². The van der Waals surface area contributed by atoms with Gasteiger partial charge in [-0.1, -0.05) is 24.3 Å². The molecule has 0 saturated carbocycles. The Balaban J connectivity index is 2.46. The number of benzene rings is 1. The number of aliphatic carboxylic acids is 1. The fourth-order valence-corrected chi connectivity index (χ4v) is 2.29. The van der Waals surface area contributed by atoms with Crippen LogP contribution in [0.25, 0.3) is 10.4 Å². The summed E-state index contributed by atoms with van der Waals surface area (Å²) < 4.78 is 0. The third-order valence-corrected chi connectivity index (χ3v) is 3.63. The zero-order valence-electron chi connectivity index (χ0n) is 9.38. The van der Waals surface area contributed by atoms with Crippen molar-refractivity contribution in [3.05, 3.63) is 47.3 Å². The van der Waals surface area contributed by atoms with Crippen molar-refractivity contribution in [3.8, 4) is 10.4 Å². The molecule has 0 unspecified atom stereocenters. The summed E-state index contributed by atoms with van der Waals surface area (Å²) in [6, 6.07) is 11.3. The van der Waals surface area contributed by atoms with Gasteiger partial charge in [0.2, 0.25) is 0 Å². The zero-order valence-corrected chi connectivity index (χ0v) is 10.2. The molecule has 0 aliphatic heterocycles. The van der Waals surface area contributed by atoms with Gasteiger partial charge in [0, 0.05) is 4.88 Å². The second-order valence-electron chi connectivity index (χ2n) is 4.07. The Morgan fingerprint density at radius 3 is 2.71 bits per heavy atom. The molecule has 3 nitrogen and oxygen atoms in total. The van der Waals surface area contributed by atoms with Gasteiger partial charge in [-0.25, -0.2) is 4.79 Å². The average Bonchev–Trinajstić information content (AvgIpc) is 2.82. The lowest BCUT2D eigenvalue weighted by Gasteiger charge is -2.20. The van der Waals surface area contributed by atoms with Crippen LogP contribution in [0, 0.1) is 0 Å². The first-order valence-electron chi connectivity index (χ1n) is 5.18. The molecule has 3 N–H and O–H groups in total. The Morgan fingerprint density at radius 1 is 1.35 bits per heavy atom. The van der Waals surface area contributed by atoms with Crippen LogP contribution in [-0.2, 0) is 10.3 Å². The van der Waals surface area contributed by atoms with E-state index in [1.54, 1.807) is 17.4 Å². The van der Waals surface area contributed by atoms with Crippen molar-refractivity contribution in [2.24, 2.45) is 5.73 Å². The number of hydrogen-bond acceptors (Lipinski definition) is 3. The van der Waals surface area contributed by atoms with Gasteiger partial charge in [0.15, 0.2) is 0 Å². The molecule has 1 heterocycles. The summed E-state index contributed by atoms with van der Waals surface area (Å²) >= 11 is 1.62. The standard InChI is InChI=1S/C13H13NO2S/c1-13(14,12(15)16)10-5-2-4-9(8-10)11-6-3-7-17-11/h2-8H,14H2,1H3,(H,15,16)/t13-/m1/s1. The highest BCUT2D eigenvalue weighted by molar-refractivity contribution is 7.13. The van der Waals surface area contributed by atoms with Crippen LogP contribution >= 0.6 is 11.3 Å². The molecule has 2 rings (SSSR count). The predicted octanol–water partition coefficient (Wildman–Crippen LogP) is 2.67. The number of carboxylic acids is 1. The van der Waals surface area contributed by atoms with Gasteiger partial charge in [0.25, 0.3) is 0 Å². The van der Waals surface area contributed by atoms with Crippen LogP contribution in [0.1, 0.15) is 12.5 Å². The highest BCUT2D eigenvalue weighted by atomic mass is 32.1. The van der Waals surface area contributed by atoms with E-state index >= 15 is 0 Å². The Morgan fingerprint density at radius 2 is 2.12 bits per heavy atom. The first-order valence-corrected chi connectivity index (χ1v) is 6.06. The van der Waals surface area contributed by atoms with Gasteiger partial charge in [-0.05, 0) is 35.6 Å². The maximum atomic E-state index is 11.1. The lowest BCUT2D eigenvalue weighted by atomic mass is 9.92. The summed E-state index contributed by atoms with van der Waals surface area (Å²) in [6.07, 6.45) is 0. The minimum atomic E-state index is -1.35. The van der Waals surface area contributed by atoms with Crippen LogP contribution in [0.15, 0.2) is 41.8 Å². The minimum Gasteiger partial charge on any atom is -0.480 e. The molecule has 0 radical (unpaired) electrons. The lowest BCUT2D eigenvalue weighted by Crippen LogP contribution is -2.41. The molecular weight excluding hydrogens is 234 g/mol. The van der Waals surface area contributed by atoms with Crippen molar-refractivity contribution >= 4 is 17.3 Å². The fraction of sp³-hybridized carbons (Fsp3) is 0.154. The van der Waals surface area contributed by atoms with Crippen molar-refractivity contribution in [2.45, 2.75) is 12.5 Å². The molecule has 88 valence electrons. The molecule has 17 heavy (non-hydrogen) atoms. The first-order chi connectivity index (χ1) is 8.01. The van der Waals surface area contributed by atoms with Gasteiger partial charge in [-0.15, -0.1) is 11.3 Å². The maximum absolute atomic E-state index is 11.1. The monoisotopic (exact) mass is 247 g/mol. The Bertz CT molecular complexity index is 532. The van der Waals surface area contributed by atoms with E-state index in [1.165, 1.54) is 6.92 Å². The first kappa shape index (κ1) is 11.8. The molecule has 4 heteroatoms. The number of carboxylic acid groups (broad SMARTS) is 1. The number of hydrogen-bond donors (Lipinski definition) is 2. The second-order valence-corrected chi connectivity index (χ2v) is 5.01. The number of nitrogens with two attached hydrogens (primary N) is 1. The van der Waals surface area contributed by atoms with E-state index in [4.69, 9.17) is 10.8 Å². The Kier molecular flexibility index (Phi) is 3.00. The van der Waals surface area contributed by atoms with Gasteiger partial charge in [0.05, 0.1) is 0 Å². The van der Waals surface area contributed by atoms with Gasteiger partial charge in [0.1, 0.15) is 5.54 Å². The maximum Gasteiger partial charge on any atom is 0.328 e. The number of thiophene rings is 1. The lowest BCUT2D eigenvalue weighted by molar-refractivity contribution is -0.143. The van der Waals surface area contributed by atoms with Crippen molar-refractivity contribution in [1.29, 1.82) is 0 Å². The smallest absolute Gasteiger partial charge is 0.328 e. The van der Waals surface area contributed by atoms with Crippen LogP contribution in [0.2, 0.25) is 0 Å². The molecule has 0 spiro atoms. The highest BCUT2D eigenvalue weighted by Gasteiger charge is 2.30. The van der Waals surface area contributed by atoms with Crippen molar-refractivity contribution in [3.63, 3.8) is 0 Å². The van der Waals surface area contributed by atoms with Crippen LogP contribution in [0.5, 0.6) is 0 Å². The Hall–Kier alpha value is -1.65. The molecule has 1 aromatic heterocycles. The van der Waals surface area contributed by atoms with Gasteiger partial charge in [-0.3, -0.25) is 0 Å². The molecule has 0 aliphatic carbocycles.